The number of piperidine rings is 1. The van der Waals surface area contributed by atoms with E-state index in [9.17, 15) is 17.6 Å². The van der Waals surface area contributed by atoms with Gasteiger partial charge in [-0.15, -0.1) is 0 Å². The Morgan fingerprint density at radius 3 is 2.43 bits per heavy atom. The molecule has 0 saturated carbocycles. The van der Waals surface area contributed by atoms with Gasteiger partial charge in [-0.2, -0.15) is 5.10 Å². The van der Waals surface area contributed by atoms with Crippen molar-refractivity contribution in [3.63, 3.8) is 0 Å². The van der Waals surface area contributed by atoms with Gasteiger partial charge in [0, 0.05) is 42.0 Å². The Morgan fingerprint density at radius 2 is 1.76 bits per heavy atom. The summed E-state index contributed by atoms with van der Waals surface area (Å²) in [5.41, 5.74) is 1.10. The summed E-state index contributed by atoms with van der Waals surface area (Å²) in [6.07, 6.45) is 6.22. The maximum Gasteiger partial charge on any atom is 0.410 e. The average molecular weight is 525 g/mol. The quantitative estimate of drug-likeness (QED) is 0.354. The van der Waals surface area contributed by atoms with Crippen LogP contribution in [0.3, 0.4) is 0 Å². The molecule has 0 aliphatic carbocycles. The fraction of sp³-hybridized carbons (Fsp3) is 0.333. The summed E-state index contributed by atoms with van der Waals surface area (Å²) in [7, 11) is -3.94. The first kappa shape index (κ1) is 25.0. The SMILES string of the molecule is CC(C)(C)OC(=O)N1CCC(n2cc(-c3cn(S(=O)(=O)c4ccccc4)c4cc(F)ccc34)cn2)CC1. The van der Waals surface area contributed by atoms with Gasteiger partial charge in [0.2, 0.25) is 0 Å². The molecule has 0 spiro atoms. The van der Waals surface area contributed by atoms with Gasteiger partial charge in [-0.3, -0.25) is 4.68 Å². The summed E-state index contributed by atoms with van der Waals surface area (Å²) in [5, 5.41) is 5.16. The number of hydrogen-bond donors (Lipinski definition) is 0. The first-order valence-corrected chi connectivity index (χ1v) is 13.6. The van der Waals surface area contributed by atoms with Gasteiger partial charge in [0.25, 0.3) is 10.0 Å². The van der Waals surface area contributed by atoms with Crippen molar-refractivity contribution in [3.8, 4) is 11.1 Å². The van der Waals surface area contributed by atoms with Gasteiger partial charge in [0.05, 0.1) is 22.7 Å². The monoisotopic (exact) mass is 524 g/mol. The van der Waals surface area contributed by atoms with Crippen LogP contribution in [0.2, 0.25) is 0 Å². The molecule has 4 aromatic rings. The Balaban J connectivity index is 1.43. The van der Waals surface area contributed by atoms with Crippen molar-refractivity contribution >= 4 is 27.0 Å². The number of aromatic nitrogens is 3. The van der Waals surface area contributed by atoms with Crippen LogP contribution >= 0.6 is 0 Å². The second kappa shape index (κ2) is 9.33. The van der Waals surface area contributed by atoms with E-state index in [1.165, 1.54) is 30.5 Å². The lowest BCUT2D eigenvalue weighted by Gasteiger charge is -2.33. The van der Waals surface area contributed by atoms with Gasteiger partial charge in [-0.25, -0.2) is 21.6 Å². The highest BCUT2D eigenvalue weighted by atomic mass is 32.2. The molecule has 8 nitrogen and oxygen atoms in total. The summed E-state index contributed by atoms with van der Waals surface area (Å²) < 4.78 is 49.5. The summed E-state index contributed by atoms with van der Waals surface area (Å²) in [5.74, 6) is -0.519. The van der Waals surface area contributed by atoms with E-state index in [-0.39, 0.29) is 22.5 Å². The molecule has 0 bridgehead atoms. The number of nitrogens with zero attached hydrogens (tertiary/aromatic N) is 4. The molecule has 5 rings (SSSR count). The molecule has 194 valence electrons. The third-order valence-electron chi connectivity index (χ3n) is 6.44. The first-order chi connectivity index (χ1) is 17.5. The van der Waals surface area contributed by atoms with Crippen LogP contribution in [0.1, 0.15) is 39.7 Å². The lowest BCUT2D eigenvalue weighted by atomic mass is 10.1. The van der Waals surface area contributed by atoms with Crippen molar-refractivity contribution in [2.24, 2.45) is 0 Å². The van der Waals surface area contributed by atoms with E-state index in [0.29, 0.717) is 24.0 Å². The zero-order valence-corrected chi connectivity index (χ0v) is 21.8. The number of halogens is 1. The molecule has 2 aromatic carbocycles. The van der Waals surface area contributed by atoms with Crippen LogP contribution in [0.25, 0.3) is 22.0 Å². The Labute approximate surface area is 215 Å². The molecule has 2 aromatic heterocycles. The molecule has 0 atom stereocenters. The molecule has 3 heterocycles. The highest BCUT2D eigenvalue weighted by molar-refractivity contribution is 7.90. The molecule has 0 unspecified atom stereocenters. The minimum atomic E-state index is -3.94. The highest BCUT2D eigenvalue weighted by Gasteiger charge is 2.28. The van der Waals surface area contributed by atoms with E-state index < -0.39 is 21.4 Å². The van der Waals surface area contributed by atoms with Crippen molar-refractivity contribution in [3.05, 3.63) is 72.9 Å². The smallest absolute Gasteiger partial charge is 0.410 e. The lowest BCUT2D eigenvalue weighted by Crippen LogP contribution is -2.42. The summed E-state index contributed by atoms with van der Waals surface area (Å²) in [6.45, 7) is 6.66. The summed E-state index contributed by atoms with van der Waals surface area (Å²) in [4.78, 5) is 14.2. The van der Waals surface area contributed by atoms with E-state index in [1.807, 2.05) is 31.6 Å². The number of fused-ring (bicyclic) bond motifs is 1. The van der Waals surface area contributed by atoms with E-state index in [0.717, 1.165) is 22.4 Å². The van der Waals surface area contributed by atoms with Crippen molar-refractivity contribution < 1.29 is 22.3 Å². The Kier molecular flexibility index (Phi) is 6.31. The lowest BCUT2D eigenvalue weighted by molar-refractivity contribution is 0.0184. The minimum absolute atomic E-state index is 0.0892. The number of likely N-dealkylation sites (tertiary alicyclic amines) is 1. The van der Waals surface area contributed by atoms with E-state index in [1.54, 1.807) is 35.4 Å². The van der Waals surface area contributed by atoms with Gasteiger partial charge < -0.3 is 9.64 Å². The second-order valence-corrected chi connectivity index (χ2v) is 12.0. The molecule has 1 fully saturated rings. The number of carbonyl (C=O) groups excluding carboxylic acids is 1. The molecular formula is C27H29FN4O4S. The second-order valence-electron chi connectivity index (χ2n) is 10.2. The fourth-order valence-electron chi connectivity index (χ4n) is 4.62. The third-order valence-corrected chi connectivity index (χ3v) is 8.12. The molecule has 37 heavy (non-hydrogen) atoms. The van der Waals surface area contributed by atoms with E-state index in [2.05, 4.69) is 5.10 Å². The average Bonchev–Trinajstić information content (AvgIpc) is 3.49. The normalized spacial score (nSPS) is 15.3. The summed E-state index contributed by atoms with van der Waals surface area (Å²) >= 11 is 0. The number of rotatable bonds is 4. The van der Waals surface area contributed by atoms with Crippen molar-refractivity contribution in [2.45, 2.75) is 50.2 Å². The van der Waals surface area contributed by atoms with Crippen LogP contribution in [0.5, 0.6) is 0 Å². The van der Waals surface area contributed by atoms with Crippen molar-refractivity contribution in [2.75, 3.05) is 13.1 Å². The molecule has 1 aliphatic rings. The molecule has 10 heteroatoms. The van der Waals surface area contributed by atoms with Crippen LogP contribution in [-0.2, 0) is 14.8 Å². The maximum atomic E-state index is 14.2. The van der Waals surface area contributed by atoms with Gasteiger partial charge in [0.1, 0.15) is 11.4 Å². The topological polar surface area (TPSA) is 86.4 Å². The first-order valence-electron chi connectivity index (χ1n) is 12.2. The zero-order chi connectivity index (χ0) is 26.4. The zero-order valence-electron chi connectivity index (χ0n) is 21.0. The molecule has 0 radical (unpaired) electrons. The molecular weight excluding hydrogens is 495 g/mol. The highest BCUT2D eigenvalue weighted by Crippen LogP contribution is 2.34. The van der Waals surface area contributed by atoms with Crippen molar-refractivity contribution in [1.29, 1.82) is 0 Å². The van der Waals surface area contributed by atoms with Crippen molar-refractivity contribution in [1.82, 2.24) is 18.7 Å². The number of carbonyl (C=O) groups is 1. The van der Waals surface area contributed by atoms with Gasteiger partial charge in [0.15, 0.2) is 0 Å². The largest absolute Gasteiger partial charge is 0.444 e. The van der Waals surface area contributed by atoms with E-state index in [4.69, 9.17) is 4.74 Å². The van der Waals surface area contributed by atoms with Gasteiger partial charge in [-0.1, -0.05) is 18.2 Å². The van der Waals surface area contributed by atoms with Crippen LogP contribution in [0.4, 0.5) is 9.18 Å². The van der Waals surface area contributed by atoms with Crippen LogP contribution in [-0.4, -0.2) is 51.9 Å². The number of benzene rings is 2. The molecule has 0 N–H and O–H groups in total. The maximum absolute atomic E-state index is 14.2. The summed E-state index contributed by atoms with van der Waals surface area (Å²) in [6, 6.07) is 12.3. The molecule has 1 aliphatic heterocycles. The minimum Gasteiger partial charge on any atom is -0.444 e. The number of ether oxygens (including phenoxy) is 1. The standard InChI is InChI=1S/C27H29FN4O4S/c1-27(2,3)36-26(33)30-13-11-21(12-14-30)31-17-19(16-29-31)24-18-32(25-15-20(28)9-10-23(24)25)37(34,35)22-7-5-4-6-8-22/h4-10,15-18,21H,11-14H2,1-3H3. The van der Waals surface area contributed by atoms with Crippen LogP contribution < -0.4 is 0 Å². The molecule has 1 saturated heterocycles. The predicted octanol–water partition coefficient (Wildman–Crippen LogP) is 5.45. The fourth-order valence-corrected chi connectivity index (χ4v) is 6.00. The van der Waals surface area contributed by atoms with Gasteiger partial charge in [-0.05, 0) is 63.9 Å². The molecule has 1 amide bonds. The Morgan fingerprint density at radius 1 is 1.05 bits per heavy atom. The Hall–Kier alpha value is -3.66. The predicted molar refractivity (Wildman–Crippen MR) is 138 cm³/mol. The number of hydrogen-bond acceptors (Lipinski definition) is 5. The van der Waals surface area contributed by atoms with Gasteiger partial charge >= 0.3 is 6.09 Å². The third kappa shape index (κ3) is 4.98. The van der Waals surface area contributed by atoms with E-state index >= 15 is 0 Å². The van der Waals surface area contributed by atoms with Crippen LogP contribution in [0.15, 0.2) is 72.0 Å². The number of amides is 1. The van der Waals surface area contributed by atoms with Crippen LogP contribution in [0, 0.1) is 5.82 Å². The Bertz CT molecular complexity index is 1550.